The third-order valence-electron chi connectivity index (χ3n) is 5.83. The van der Waals surface area contributed by atoms with Crippen LogP contribution < -0.4 is 11.1 Å². The molecule has 2 aliphatic rings. The van der Waals surface area contributed by atoms with Crippen LogP contribution in [0.2, 0.25) is 0 Å². The second kappa shape index (κ2) is 9.11. The molecule has 1 aliphatic heterocycles. The van der Waals surface area contributed by atoms with Gasteiger partial charge in [0.2, 0.25) is 5.91 Å². The van der Waals surface area contributed by atoms with Gasteiger partial charge in [-0.1, -0.05) is 13.3 Å². The fraction of sp³-hybridized carbons (Fsp3) is 0.850. The lowest BCUT2D eigenvalue weighted by molar-refractivity contribution is -0.139. The van der Waals surface area contributed by atoms with E-state index < -0.39 is 23.7 Å². The number of carboxylic acid groups (broad SMARTS) is 1. The fourth-order valence-electron chi connectivity index (χ4n) is 4.57. The number of rotatable bonds is 6. The third kappa shape index (κ3) is 5.83. The lowest BCUT2D eigenvalue weighted by atomic mass is 9.71. The number of carbonyl (C=O) groups is 3. The summed E-state index contributed by atoms with van der Waals surface area (Å²) in [7, 11) is 0. The summed E-state index contributed by atoms with van der Waals surface area (Å²) < 4.78 is 5.36. The van der Waals surface area contributed by atoms with E-state index in [1.807, 2.05) is 32.6 Å². The van der Waals surface area contributed by atoms with Crippen molar-refractivity contribution in [1.29, 1.82) is 0 Å². The Hall–Kier alpha value is -1.83. The first-order valence-electron chi connectivity index (χ1n) is 10.3. The monoisotopic (exact) mass is 397 g/mol. The zero-order valence-electron chi connectivity index (χ0n) is 17.4. The maximum atomic E-state index is 12.5. The van der Waals surface area contributed by atoms with E-state index in [1.165, 1.54) is 0 Å². The molecule has 2 fully saturated rings. The number of carboxylic acids is 1. The van der Waals surface area contributed by atoms with Crippen molar-refractivity contribution in [1.82, 2.24) is 10.2 Å². The molecule has 5 atom stereocenters. The SMILES string of the molecule is CCC(CC(=O)O)C1C[C@H](NC(=O)OC(C)(C)C)CC[C@@H]1N1CC[C@H](N)C1=O. The van der Waals surface area contributed by atoms with E-state index in [1.54, 1.807) is 0 Å². The van der Waals surface area contributed by atoms with E-state index in [2.05, 4.69) is 5.32 Å². The highest BCUT2D eigenvalue weighted by Crippen LogP contribution is 2.38. The summed E-state index contributed by atoms with van der Waals surface area (Å²) in [5.74, 6) is -0.935. The molecule has 0 radical (unpaired) electrons. The van der Waals surface area contributed by atoms with E-state index in [0.717, 1.165) is 12.8 Å². The van der Waals surface area contributed by atoms with E-state index in [0.29, 0.717) is 25.8 Å². The summed E-state index contributed by atoms with van der Waals surface area (Å²) in [6, 6.07) is -0.579. The molecule has 8 nitrogen and oxygen atoms in total. The summed E-state index contributed by atoms with van der Waals surface area (Å²) in [6.07, 6.45) is 3.03. The van der Waals surface area contributed by atoms with Gasteiger partial charge in [-0.25, -0.2) is 4.79 Å². The molecule has 0 spiro atoms. The molecular weight excluding hydrogens is 362 g/mol. The van der Waals surface area contributed by atoms with Crippen molar-refractivity contribution in [3.05, 3.63) is 0 Å². The van der Waals surface area contributed by atoms with Gasteiger partial charge in [0.1, 0.15) is 5.60 Å². The molecule has 0 aromatic rings. The third-order valence-corrected chi connectivity index (χ3v) is 5.83. The van der Waals surface area contributed by atoms with Crippen LogP contribution in [-0.4, -0.2) is 58.2 Å². The maximum Gasteiger partial charge on any atom is 0.407 e. The average Bonchev–Trinajstić information content (AvgIpc) is 2.90. The van der Waals surface area contributed by atoms with E-state index >= 15 is 0 Å². The van der Waals surface area contributed by atoms with Crippen molar-refractivity contribution in [3.63, 3.8) is 0 Å². The Balaban J connectivity index is 2.13. The number of amides is 2. The Morgan fingerprint density at radius 2 is 2.00 bits per heavy atom. The Kier molecular flexibility index (Phi) is 7.31. The fourth-order valence-corrected chi connectivity index (χ4v) is 4.57. The molecule has 28 heavy (non-hydrogen) atoms. The van der Waals surface area contributed by atoms with Crippen molar-refractivity contribution in [3.8, 4) is 0 Å². The van der Waals surface area contributed by atoms with Gasteiger partial charge < -0.3 is 25.8 Å². The number of nitrogens with two attached hydrogens (primary N) is 1. The van der Waals surface area contributed by atoms with Gasteiger partial charge in [0.25, 0.3) is 0 Å². The molecule has 4 N–H and O–H groups in total. The molecular formula is C20H35N3O5. The summed E-state index contributed by atoms with van der Waals surface area (Å²) in [4.78, 5) is 37.9. The van der Waals surface area contributed by atoms with Crippen LogP contribution in [0, 0.1) is 11.8 Å². The molecule has 0 aromatic carbocycles. The van der Waals surface area contributed by atoms with Gasteiger partial charge in [0.05, 0.1) is 6.04 Å². The molecule has 2 rings (SSSR count). The van der Waals surface area contributed by atoms with Crippen molar-refractivity contribution in [2.75, 3.05) is 6.54 Å². The zero-order chi connectivity index (χ0) is 21.1. The van der Waals surface area contributed by atoms with Crippen LogP contribution in [0.4, 0.5) is 4.79 Å². The van der Waals surface area contributed by atoms with Gasteiger partial charge in [-0.2, -0.15) is 0 Å². The number of nitrogens with zero attached hydrogens (tertiary/aromatic N) is 1. The highest BCUT2D eigenvalue weighted by atomic mass is 16.6. The summed E-state index contributed by atoms with van der Waals surface area (Å²) >= 11 is 0. The van der Waals surface area contributed by atoms with Crippen molar-refractivity contribution in [2.24, 2.45) is 17.6 Å². The summed E-state index contributed by atoms with van der Waals surface area (Å²) in [5, 5.41) is 12.3. The number of hydrogen-bond donors (Lipinski definition) is 3. The molecule has 1 heterocycles. The van der Waals surface area contributed by atoms with Crippen LogP contribution in [0.3, 0.4) is 0 Å². The molecule has 1 aliphatic carbocycles. The molecule has 2 amide bonds. The van der Waals surface area contributed by atoms with Crippen LogP contribution in [0.1, 0.15) is 66.2 Å². The molecule has 1 saturated carbocycles. The topological polar surface area (TPSA) is 122 Å². The average molecular weight is 398 g/mol. The highest BCUT2D eigenvalue weighted by Gasteiger charge is 2.43. The summed E-state index contributed by atoms with van der Waals surface area (Å²) in [5.41, 5.74) is 5.33. The van der Waals surface area contributed by atoms with Crippen LogP contribution >= 0.6 is 0 Å². The highest BCUT2D eigenvalue weighted by molar-refractivity contribution is 5.84. The Morgan fingerprint density at radius 1 is 1.32 bits per heavy atom. The molecule has 1 saturated heterocycles. The normalized spacial score (nSPS) is 29.5. The Labute approximate surface area is 167 Å². The zero-order valence-corrected chi connectivity index (χ0v) is 17.4. The lowest BCUT2D eigenvalue weighted by Gasteiger charge is -2.44. The van der Waals surface area contributed by atoms with Gasteiger partial charge in [0.15, 0.2) is 0 Å². The number of alkyl carbamates (subject to hydrolysis) is 1. The quantitative estimate of drug-likeness (QED) is 0.631. The minimum Gasteiger partial charge on any atom is -0.481 e. The molecule has 0 aromatic heterocycles. The van der Waals surface area contributed by atoms with Gasteiger partial charge in [-0.15, -0.1) is 0 Å². The smallest absolute Gasteiger partial charge is 0.407 e. The first-order chi connectivity index (χ1) is 13.0. The van der Waals surface area contributed by atoms with Crippen LogP contribution in [-0.2, 0) is 14.3 Å². The van der Waals surface area contributed by atoms with Crippen molar-refractivity contribution >= 4 is 18.0 Å². The molecule has 0 bridgehead atoms. The second-order valence-electron chi connectivity index (χ2n) is 9.08. The predicted octanol–water partition coefficient (Wildman–Crippen LogP) is 2.11. The Bertz CT molecular complexity index is 589. The minimum atomic E-state index is -0.836. The first-order valence-corrected chi connectivity index (χ1v) is 10.3. The number of carbonyl (C=O) groups excluding carboxylic acids is 2. The van der Waals surface area contributed by atoms with Crippen LogP contribution in [0.25, 0.3) is 0 Å². The van der Waals surface area contributed by atoms with E-state index in [4.69, 9.17) is 10.5 Å². The van der Waals surface area contributed by atoms with Gasteiger partial charge in [0, 0.05) is 25.0 Å². The lowest BCUT2D eigenvalue weighted by Crippen LogP contribution is -2.53. The van der Waals surface area contributed by atoms with Gasteiger partial charge in [-0.3, -0.25) is 9.59 Å². The van der Waals surface area contributed by atoms with Crippen molar-refractivity contribution < 1.29 is 24.2 Å². The minimum absolute atomic E-state index is 0.00374. The van der Waals surface area contributed by atoms with Crippen LogP contribution in [0.15, 0.2) is 0 Å². The first kappa shape index (κ1) is 22.5. The van der Waals surface area contributed by atoms with E-state index in [9.17, 15) is 19.5 Å². The van der Waals surface area contributed by atoms with E-state index in [-0.39, 0.29) is 36.2 Å². The van der Waals surface area contributed by atoms with Gasteiger partial charge >= 0.3 is 12.1 Å². The number of ether oxygens (including phenoxy) is 1. The number of aliphatic carboxylic acids is 1. The predicted molar refractivity (Wildman–Crippen MR) is 105 cm³/mol. The Morgan fingerprint density at radius 3 is 2.50 bits per heavy atom. The van der Waals surface area contributed by atoms with Gasteiger partial charge in [-0.05, 0) is 58.3 Å². The summed E-state index contributed by atoms with van der Waals surface area (Å²) in [6.45, 7) is 8.04. The number of hydrogen-bond acceptors (Lipinski definition) is 5. The number of likely N-dealkylation sites (tertiary alicyclic amines) is 1. The molecule has 160 valence electrons. The maximum absolute atomic E-state index is 12.5. The molecule has 2 unspecified atom stereocenters. The van der Waals surface area contributed by atoms with Crippen molar-refractivity contribution in [2.45, 2.75) is 89.9 Å². The number of nitrogens with one attached hydrogen (secondary N) is 1. The standard InChI is InChI=1S/C20H35N3O5/c1-5-12(10-17(24)25)14-11-13(22-19(27)28-20(2,3)4)6-7-16(14)23-9-8-15(21)18(23)26/h12-16H,5-11,21H2,1-4H3,(H,22,27)(H,24,25)/t12?,13-,14?,15+,16+/m1/s1. The second-order valence-corrected chi connectivity index (χ2v) is 9.08. The van der Waals surface area contributed by atoms with Crippen LogP contribution in [0.5, 0.6) is 0 Å². The molecule has 8 heteroatoms. The largest absolute Gasteiger partial charge is 0.481 e.